The van der Waals surface area contributed by atoms with Gasteiger partial charge < -0.3 is 29.2 Å². The maximum atomic E-state index is 5.94. The zero-order chi connectivity index (χ0) is 23.3. The fourth-order valence-corrected chi connectivity index (χ4v) is 3.88. The first-order valence-electron chi connectivity index (χ1n) is 11.1. The van der Waals surface area contributed by atoms with Crippen LogP contribution in [0.15, 0.2) is 66.7 Å². The summed E-state index contributed by atoms with van der Waals surface area (Å²) in [6.45, 7) is 3.29. The van der Waals surface area contributed by atoms with Crippen molar-refractivity contribution < 1.29 is 18.9 Å². The Morgan fingerprint density at radius 2 is 1.56 bits per heavy atom. The summed E-state index contributed by atoms with van der Waals surface area (Å²) in [5.41, 5.74) is 2.74. The minimum Gasteiger partial charge on any atom is -0.493 e. The summed E-state index contributed by atoms with van der Waals surface area (Å²) in [7, 11) is 3.20. The number of aromatic nitrogens is 2. The van der Waals surface area contributed by atoms with Gasteiger partial charge in [0.25, 0.3) is 0 Å². The summed E-state index contributed by atoms with van der Waals surface area (Å²) in [5, 5.41) is 4.21. The highest BCUT2D eigenvalue weighted by Crippen LogP contribution is 2.36. The van der Waals surface area contributed by atoms with Crippen LogP contribution in [0.5, 0.6) is 23.3 Å². The number of hydrogen-bond donors (Lipinski definition) is 1. The molecule has 5 rings (SSSR count). The molecule has 3 aromatic carbocycles. The predicted octanol–water partition coefficient (Wildman–Crippen LogP) is 5.02. The number of hydrogen-bond acceptors (Lipinski definition) is 8. The van der Waals surface area contributed by atoms with Crippen molar-refractivity contribution in [3.05, 3.63) is 66.7 Å². The molecule has 1 aliphatic heterocycles. The number of benzene rings is 3. The second-order valence-electron chi connectivity index (χ2n) is 7.77. The Hall–Kier alpha value is -4.04. The van der Waals surface area contributed by atoms with Gasteiger partial charge >= 0.3 is 6.01 Å². The van der Waals surface area contributed by atoms with Crippen molar-refractivity contribution in [1.82, 2.24) is 9.97 Å². The van der Waals surface area contributed by atoms with Gasteiger partial charge in [-0.1, -0.05) is 18.2 Å². The van der Waals surface area contributed by atoms with Crippen LogP contribution in [0.4, 0.5) is 17.2 Å². The van der Waals surface area contributed by atoms with Crippen LogP contribution in [0.2, 0.25) is 0 Å². The third kappa shape index (κ3) is 4.67. The van der Waals surface area contributed by atoms with E-state index in [-0.39, 0.29) is 6.01 Å². The molecule has 0 bridgehead atoms. The van der Waals surface area contributed by atoms with Crippen molar-refractivity contribution in [2.45, 2.75) is 0 Å². The molecule has 1 aromatic heterocycles. The van der Waals surface area contributed by atoms with Gasteiger partial charge in [0.05, 0.1) is 33.0 Å². The highest BCUT2D eigenvalue weighted by atomic mass is 16.5. The first kappa shape index (κ1) is 21.8. The molecule has 1 saturated heterocycles. The Bertz CT molecular complexity index is 1260. The molecule has 2 heterocycles. The Morgan fingerprint density at radius 1 is 0.853 bits per heavy atom. The molecule has 0 atom stereocenters. The van der Waals surface area contributed by atoms with E-state index in [4.69, 9.17) is 18.9 Å². The van der Waals surface area contributed by atoms with E-state index in [2.05, 4.69) is 32.3 Å². The summed E-state index contributed by atoms with van der Waals surface area (Å²) in [6, 6.07) is 21.7. The molecular weight excluding hydrogens is 432 g/mol. The number of rotatable bonds is 7. The van der Waals surface area contributed by atoms with E-state index in [1.165, 1.54) is 5.69 Å². The second-order valence-corrected chi connectivity index (χ2v) is 7.77. The predicted molar refractivity (Wildman–Crippen MR) is 132 cm³/mol. The fourth-order valence-electron chi connectivity index (χ4n) is 3.88. The fraction of sp³-hybridized carbons (Fsp3) is 0.231. The lowest BCUT2D eigenvalue weighted by Crippen LogP contribution is -2.36. The Kier molecular flexibility index (Phi) is 6.31. The Morgan fingerprint density at radius 3 is 2.26 bits per heavy atom. The van der Waals surface area contributed by atoms with Crippen molar-refractivity contribution in [2.75, 3.05) is 50.7 Å². The van der Waals surface area contributed by atoms with Crippen LogP contribution >= 0.6 is 0 Å². The molecule has 4 aromatic rings. The van der Waals surface area contributed by atoms with Crippen LogP contribution in [-0.4, -0.2) is 50.5 Å². The van der Waals surface area contributed by atoms with Crippen LogP contribution in [0.1, 0.15) is 0 Å². The van der Waals surface area contributed by atoms with E-state index in [9.17, 15) is 0 Å². The summed E-state index contributed by atoms with van der Waals surface area (Å²) in [4.78, 5) is 11.6. The molecule has 1 fully saturated rings. The molecule has 1 aliphatic rings. The Labute approximate surface area is 198 Å². The van der Waals surface area contributed by atoms with Gasteiger partial charge in [0.15, 0.2) is 11.5 Å². The monoisotopic (exact) mass is 458 g/mol. The van der Waals surface area contributed by atoms with Crippen molar-refractivity contribution in [3.63, 3.8) is 0 Å². The van der Waals surface area contributed by atoms with Gasteiger partial charge in [0, 0.05) is 35.9 Å². The Balaban J connectivity index is 1.50. The maximum Gasteiger partial charge on any atom is 0.324 e. The maximum absolute atomic E-state index is 5.94. The number of ether oxygens (including phenoxy) is 4. The highest BCUT2D eigenvalue weighted by Gasteiger charge is 2.16. The van der Waals surface area contributed by atoms with Gasteiger partial charge in [-0.15, -0.1) is 0 Å². The first-order valence-corrected chi connectivity index (χ1v) is 11.1. The molecule has 0 aliphatic carbocycles. The standard InChI is InChI=1S/C26H26N4O4/c1-31-23-16-21-22(17-24(23)32-2)28-26(34-20-6-4-3-5-7-20)29-25(21)27-18-8-10-19(11-9-18)30-12-14-33-15-13-30/h3-11,16-17H,12-15H2,1-2H3,(H,27,28,29). The summed E-state index contributed by atoms with van der Waals surface area (Å²) < 4.78 is 22.4. The van der Waals surface area contributed by atoms with Crippen LogP contribution in [-0.2, 0) is 4.74 Å². The molecule has 0 amide bonds. The largest absolute Gasteiger partial charge is 0.493 e. The average Bonchev–Trinajstić information content (AvgIpc) is 2.89. The van der Waals surface area contributed by atoms with Crippen LogP contribution in [0.3, 0.4) is 0 Å². The molecule has 174 valence electrons. The number of nitrogens with one attached hydrogen (secondary N) is 1. The van der Waals surface area contributed by atoms with E-state index >= 15 is 0 Å². The van der Waals surface area contributed by atoms with Crippen molar-refractivity contribution in [1.29, 1.82) is 0 Å². The number of para-hydroxylation sites is 1. The third-order valence-electron chi connectivity index (χ3n) is 5.64. The van der Waals surface area contributed by atoms with E-state index in [1.54, 1.807) is 14.2 Å². The lowest BCUT2D eigenvalue weighted by molar-refractivity contribution is 0.122. The molecular formula is C26H26N4O4. The summed E-state index contributed by atoms with van der Waals surface area (Å²) >= 11 is 0. The van der Waals surface area contributed by atoms with Gasteiger partial charge in [-0.25, -0.2) is 0 Å². The number of nitrogens with zero attached hydrogens (tertiary/aromatic N) is 3. The lowest BCUT2D eigenvalue weighted by atomic mass is 10.2. The molecule has 34 heavy (non-hydrogen) atoms. The minimum absolute atomic E-state index is 0.235. The normalized spacial score (nSPS) is 13.5. The second kappa shape index (κ2) is 9.84. The quantitative estimate of drug-likeness (QED) is 0.414. The molecule has 0 saturated carbocycles. The topological polar surface area (TPSA) is 78.0 Å². The van der Waals surface area contributed by atoms with Crippen molar-refractivity contribution in [2.24, 2.45) is 0 Å². The van der Waals surface area contributed by atoms with Crippen LogP contribution in [0.25, 0.3) is 10.9 Å². The van der Waals surface area contributed by atoms with Gasteiger partial charge in [0.1, 0.15) is 11.6 Å². The number of anilines is 3. The van der Waals surface area contributed by atoms with Crippen molar-refractivity contribution >= 4 is 28.1 Å². The van der Waals surface area contributed by atoms with Gasteiger partial charge in [0.2, 0.25) is 0 Å². The van der Waals surface area contributed by atoms with Gasteiger partial charge in [-0.3, -0.25) is 0 Å². The van der Waals surface area contributed by atoms with Crippen LogP contribution < -0.4 is 24.4 Å². The average molecular weight is 459 g/mol. The zero-order valence-electron chi connectivity index (χ0n) is 19.2. The molecule has 0 radical (unpaired) electrons. The van der Waals surface area contributed by atoms with E-state index < -0.39 is 0 Å². The third-order valence-corrected chi connectivity index (χ3v) is 5.64. The number of methoxy groups -OCH3 is 2. The smallest absolute Gasteiger partial charge is 0.324 e. The van der Waals surface area contributed by atoms with Gasteiger partial charge in [-0.2, -0.15) is 9.97 Å². The zero-order valence-corrected chi connectivity index (χ0v) is 19.2. The van der Waals surface area contributed by atoms with E-state index in [1.807, 2.05) is 54.6 Å². The lowest BCUT2D eigenvalue weighted by Gasteiger charge is -2.28. The molecule has 1 N–H and O–H groups in total. The molecule has 8 nitrogen and oxygen atoms in total. The SMILES string of the molecule is COc1cc2nc(Oc3ccccc3)nc(Nc3ccc(N4CCOCC4)cc3)c2cc1OC. The number of morpholine rings is 1. The van der Waals surface area contributed by atoms with Crippen molar-refractivity contribution in [3.8, 4) is 23.3 Å². The minimum atomic E-state index is 0.235. The number of fused-ring (bicyclic) bond motifs is 1. The highest BCUT2D eigenvalue weighted by molar-refractivity contribution is 5.93. The van der Waals surface area contributed by atoms with E-state index in [0.29, 0.717) is 28.6 Å². The summed E-state index contributed by atoms with van der Waals surface area (Å²) in [6.07, 6.45) is 0. The molecule has 8 heteroatoms. The summed E-state index contributed by atoms with van der Waals surface area (Å²) in [5.74, 6) is 2.44. The van der Waals surface area contributed by atoms with E-state index in [0.717, 1.165) is 37.4 Å². The molecule has 0 spiro atoms. The van der Waals surface area contributed by atoms with Gasteiger partial charge in [-0.05, 0) is 42.5 Å². The van der Waals surface area contributed by atoms with Crippen LogP contribution in [0, 0.1) is 0 Å². The molecule has 0 unspecified atom stereocenters. The first-order chi connectivity index (χ1) is 16.7.